The molecule has 0 spiro atoms. The number of aldehydes is 2. The van der Waals surface area contributed by atoms with Crippen LogP contribution in [0.15, 0.2) is 54.6 Å². The Bertz CT molecular complexity index is 3350. The van der Waals surface area contributed by atoms with Crippen molar-refractivity contribution in [3.05, 3.63) is 141 Å². The number of hydrogen-bond donors (Lipinski definition) is 9. The summed E-state index contributed by atoms with van der Waals surface area (Å²) in [4.78, 5) is 37.7. The molecule has 9 rings (SSSR count). The topological polar surface area (TPSA) is 409 Å². The molecule has 0 aliphatic heterocycles. The molecule has 0 fully saturated rings. The molecule has 6 radical (unpaired) electrons. The van der Waals surface area contributed by atoms with Gasteiger partial charge in [-0.15, -0.1) is 79.6 Å². The molecule has 14 N–H and O–H groups in total. The van der Waals surface area contributed by atoms with Crippen LogP contribution in [0, 0.1) is 94.7 Å². The van der Waals surface area contributed by atoms with E-state index < -0.39 is 10.4 Å². The summed E-state index contributed by atoms with van der Waals surface area (Å²) in [7, 11) is 5.72. The average molecular weight is 1770 g/mol. The van der Waals surface area contributed by atoms with E-state index in [2.05, 4.69) is 163 Å². The second-order valence-corrected chi connectivity index (χ2v) is 18.9. The van der Waals surface area contributed by atoms with E-state index in [0.717, 1.165) is 78.8 Å². The standard InChI is InChI=1S/C7H8BrN4P2.C7H9N4P2.C7H7N4.C6H7N2O.C6H5N2.C6H6NO.CH4N2.3CH4.ClH2N.H3NO4S.6Y/c1-4-2-5-7(12(13)14)9-3-10-11(5)6(4)8;1-5-2-6-7(11(12)13)8-4-9-10(6)3-5;1-5-2-6-7(8)9-4-10-11(6)3-5;1-5-2-6(4-9)8(7)3-5;1-5-2-6(3-7)8-4-5;1-5-2-6(4-8)7-3-5;2-1-3;;;;1-2;1-5-6(2,3)4;;;;;;/h3H,13-14H2,1H3;3-4H,12-13H2,1H3;3-4H,1H3,(H2,8,9,10);3-4H,7H2,1H3;4,8H,1H3;3-4,7H,1H3;1H,(H3,2,3);3*1H4;2H2;1H2,(H,2,3,4);;;;;;/q6*-1;;;;;;;;;;;;. The molecule has 440 valence electrons. The molecule has 0 saturated carbocycles. The molecular weight excluding hydrogens is 1710 g/mol. The van der Waals surface area contributed by atoms with Crippen molar-refractivity contribution in [3.8, 4) is 6.07 Å². The maximum Gasteiger partial charge on any atom is 0.413 e. The number of halogens is 2. The van der Waals surface area contributed by atoms with E-state index in [0.29, 0.717) is 29.2 Å². The summed E-state index contributed by atoms with van der Waals surface area (Å²) in [6.45, 7) is 11.5. The van der Waals surface area contributed by atoms with Gasteiger partial charge in [0.1, 0.15) is 19.0 Å². The first-order valence-electron chi connectivity index (χ1n) is 19.7. The molecule has 9 aromatic heterocycles. The van der Waals surface area contributed by atoms with Crippen molar-refractivity contribution in [3.63, 3.8) is 0 Å². The minimum absolute atomic E-state index is 0. The quantitative estimate of drug-likeness (QED) is 0.0111. The van der Waals surface area contributed by atoms with Crippen molar-refractivity contribution >= 4 is 129 Å². The van der Waals surface area contributed by atoms with Crippen molar-refractivity contribution in [2.75, 3.05) is 20.5 Å². The zero-order chi connectivity index (χ0) is 56.3. The number of aromatic nitrogens is 12. The number of nitrogens with two attached hydrogens (primary N) is 5. The van der Waals surface area contributed by atoms with Crippen molar-refractivity contribution in [1.29, 1.82) is 10.7 Å². The van der Waals surface area contributed by atoms with Gasteiger partial charge in [0.2, 0.25) is 0 Å². The van der Waals surface area contributed by atoms with Gasteiger partial charge in [-0.2, -0.15) is 40.0 Å². The summed E-state index contributed by atoms with van der Waals surface area (Å²) in [6, 6.07) is 19.7. The number of fused-ring (bicyclic) bond motifs is 3. The fourth-order valence-electron chi connectivity index (χ4n) is 5.05. The fourth-order valence-corrected chi connectivity index (χ4v) is 6.18. The van der Waals surface area contributed by atoms with Crippen LogP contribution >= 0.6 is 65.3 Å². The van der Waals surface area contributed by atoms with Crippen LogP contribution in [0.5, 0.6) is 0 Å². The van der Waals surface area contributed by atoms with Crippen LogP contribution in [0.3, 0.4) is 0 Å². The number of nitriles is 1. The van der Waals surface area contributed by atoms with Crippen molar-refractivity contribution < 1.29 is 223 Å². The number of aryl methyl sites for hydroxylation is 6. The third-order valence-corrected chi connectivity index (χ3v) is 10.0. The third-order valence-electron chi connectivity index (χ3n) is 7.90. The van der Waals surface area contributed by atoms with Gasteiger partial charge < -0.3 is 59.5 Å². The zero-order valence-corrected chi connectivity index (χ0v) is 68.3. The minimum atomic E-state index is -4.38. The molecule has 27 nitrogen and oxygen atoms in total. The normalized spacial score (nSPS) is 8.70. The van der Waals surface area contributed by atoms with Gasteiger partial charge in [0.15, 0.2) is 0 Å². The van der Waals surface area contributed by atoms with Gasteiger partial charge in [0, 0.05) is 207 Å². The Morgan fingerprint density at radius 3 is 1.48 bits per heavy atom. The van der Waals surface area contributed by atoms with Gasteiger partial charge in [-0.05, 0) is 89.0 Å². The Balaban J connectivity index is -0.000000108. The Hall–Kier alpha value is 0.103. The predicted molar refractivity (Wildman–Crippen MR) is 318 cm³/mol. The number of H-pyrrole nitrogens is 2. The van der Waals surface area contributed by atoms with E-state index in [9.17, 15) is 18.0 Å². The number of hydrogen-bond acceptors (Lipinski definition) is 19. The average Bonchev–Trinajstić information content (AvgIpc) is 4.24. The SMILES string of the molecule is C.C.C.Cc1[c-]c(C#N)[nH]c1.Cc1[c-]c(C=O)[nH]c1.Cc1[c-]c(C=O)n(N)c1.Cc1[c-]c2c(N(P)P)ncnn2c1.Cc1[c-]c2c(N(P)P)ncnn2c1Br.Cc1[c-]c2c(N)ncnn2c1.N=CN.NCl.NOS(=O)(=O)O.[Y].[Y].[Y].[Y].[Y].[Y]. The Morgan fingerprint density at radius 2 is 1.14 bits per heavy atom. The predicted octanol–water partition coefficient (Wildman–Crippen LogP) is 5.91. The van der Waals surface area contributed by atoms with Crippen molar-refractivity contribution in [2.24, 2.45) is 16.9 Å². The van der Waals surface area contributed by atoms with Gasteiger partial charge in [-0.3, -0.25) is 34.7 Å². The van der Waals surface area contributed by atoms with Gasteiger partial charge in [0.25, 0.3) is 0 Å². The largest absolute Gasteiger partial charge is 0.432 e. The first-order chi connectivity index (χ1) is 34.9. The molecule has 9 aromatic rings. The summed E-state index contributed by atoms with van der Waals surface area (Å²) in [5, 5.41) is 30.2. The Kier molecular flexibility index (Phi) is 67.6. The van der Waals surface area contributed by atoms with Crippen LogP contribution in [0.2, 0.25) is 0 Å². The number of carbonyl (C=O) groups is 2. The molecule has 0 aliphatic rings. The van der Waals surface area contributed by atoms with Crippen LogP contribution in [-0.4, -0.2) is 90.3 Å². The molecule has 0 amide bonds. The molecule has 0 saturated heterocycles. The molecule has 0 aromatic carbocycles. The Morgan fingerprint density at radius 1 is 0.723 bits per heavy atom. The molecular formula is C43H63BrClN21O6P4SY6-6. The third kappa shape index (κ3) is 38.4. The first-order valence-corrected chi connectivity index (χ1v) is 24.4. The first kappa shape index (κ1) is 102. The monoisotopic (exact) mass is 1770 g/mol. The van der Waals surface area contributed by atoms with E-state index in [4.69, 9.17) is 26.8 Å². The number of nitrogens with one attached hydrogen (secondary N) is 3. The number of aromatic amines is 2. The number of nitrogens with zero attached hydrogens (tertiary/aromatic N) is 13. The molecule has 40 heteroatoms. The molecule has 9 heterocycles. The Labute approximate surface area is 659 Å². The van der Waals surface area contributed by atoms with Crippen molar-refractivity contribution in [2.45, 2.75) is 63.8 Å². The summed E-state index contributed by atoms with van der Waals surface area (Å²) >= 11 is 7.58. The maximum atomic E-state index is 10.1. The van der Waals surface area contributed by atoms with E-state index >= 15 is 0 Å². The van der Waals surface area contributed by atoms with Gasteiger partial charge in [-0.25, -0.2) is 5.25 Å². The summed E-state index contributed by atoms with van der Waals surface area (Å²) in [5.74, 6) is 11.4. The fraction of sp³-hybridized carbons (Fsp3) is 0.209. The molecule has 4 atom stereocenters. The summed E-state index contributed by atoms with van der Waals surface area (Å²) in [5.41, 5.74) is 19.7. The van der Waals surface area contributed by atoms with Crippen LogP contribution in [0.25, 0.3) is 16.6 Å². The second-order valence-electron chi connectivity index (χ2n) is 13.6. The number of carbonyl (C=O) groups excluding carboxylic acids is 2. The number of rotatable bonds is 5. The van der Waals surface area contributed by atoms with Crippen LogP contribution in [0.1, 0.15) is 82.3 Å². The molecule has 4 unspecified atom stereocenters. The van der Waals surface area contributed by atoms with E-state index in [-0.39, 0.29) is 219 Å². The van der Waals surface area contributed by atoms with E-state index in [1.165, 1.54) is 23.7 Å². The second kappa shape index (κ2) is 55.0. The summed E-state index contributed by atoms with van der Waals surface area (Å²) < 4.78 is 39.7. The summed E-state index contributed by atoms with van der Waals surface area (Å²) in [6.07, 6.45) is 15.5. The van der Waals surface area contributed by atoms with Gasteiger partial charge in [-0.1, -0.05) is 94.8 Å². The maximum absolute atomic E-state index is 10.1. The van der Waals surface area contributed by atoms with Gasteiger partial charge >= 0.3 is 10.4 Å². The van der Waals surface area contributed by atoms with Gasteiger partial charge in [0.05, 0.1) is 30.5 Å². The molecule has 83 heavy (non-hydrogen) atoms. The molecule has 0 aliphatic carbocycles. The van der Waals surface area contributed by atoms with Crippen molar-refractivity contribution in [1.82, 2.24) is 58.4 Å². The number of nitrogen functional groups attached to an aromatic ring is 2. The zero-order valence-electron chi connectivity index (χ0n) is 43.5. The number of anilines is 3. The van der Waals surface area contributed by atoms with Crippen LogP contribution in [0.4, 0.5) is 17.5 Å². The molecule has 0 bridgehead atoms. The smallest absolute Gasteiger partial charge is 0.413 e. The van der Waals surface area contributed by atoms with E-state index in [1.54, 1.807) is 41.0 Å². The minimum Gasteiger partial charge on any atom is -0.432 e. The van der Waals surface area contributed by atoms with Crippen LogP contribution < -0.4 is 37.3 Å². The van der Waals surface area contributed by atoms with E-state index in [1.807, 2.05) is 60.0 Å². The van der Waals surface area contributed by atoms with Crippen LogP contribution in [-0.2, 0) is 211 Å².